The molecule has 21 heavy (non-hydrogen) atoms. The van der Waals surface area contributed by atoms with Crippen LogP contribution in [0, 0.1) is 0 Å². The van der Waals surface area contributed by atoms with Crippen LogP contribution in [0.1, 0.15) is 5.56 Å². The van der Waals surface area contributed by atoms with E-state index in [2.05, 4.69) is 45.5 Å². The maximum atomic E-state index is 5.64. The van der Waals surface area contributed by atoms with Crippen molar-refractivity contribution < 1.29 is 9.47 Å². The molecule has 3 rings (SSSR count). The van der Waals surface area contributed by atoms with Crippen molar-refractivity contribution in [3.05, 3.63) is 46.4 Å². The van der Waals surface area contributed by atoms with E-state index in [1.165, 1.54) is 10.5 Å². The zero-order valence-electron chi connectivity index (χ0n) is 11.7. The number of nitrogens with one attached hydrogen (secondary N) is 1. The number of rotatable bonds is 4. The summed E-state index contributed by atoms with van der Waals surface area (Å²) in [6, 6.07) is 12.5. The minimum absolute atomic E-state index is 0.615. The van der Waals surface area contributed by atoms with Crippen LogP contribution in [0.4, 0.5) is 0 Å². The number of halogens is 1. The molecule has 1 aliphatic rings. The molecule has 0 amide bonds. The molecule has 1 aliphatic heterocycles. The van der Waals surface area contributed by atoms with Gasteiger partial charge in [-0.1, -0.05) is 27.7 Å². The lowest BCUT2D eigenvalue weighted by atomic mass is 10.2. The van der Waals surface area contributed by atoms with Gasteiger partial charge in [0, 0.05) is 20.8 Å². The van der Waals surface area contributed by atoms with E-state index < -0.39 is 0 Å². The third-order valence-corrected chi connectivity index (χ3v) is 4.73. The van der Waals surface area contributed by atoms with Gasteiger partial charge < -0.3 is 14.8 Å². The van der Waals surface area contributed by atoms with Gasteiger partial charge in [-0.2, -0.15) is 0 Å². The Labute approximate surface area is 137 Å². The molecule has 0 atom stereocenters. The molecule has 0 aliphatic carbocycles. The SMILES string of the molecule is CNCc1cc(Br)ccc1Sc1ccc2c(c1)OCCO2. The van der Waals surface area contributed by atoms with Crippen molar-refractivity contribution in [1.82, 2.24) is 5.32 Å². The number of benzene rings is 2. The monoisotopic (exact) mass is 365 g/mol. The summed E-state index contributed by atoms with van der Waals surface area (Å²) in [6.07, 6.45) is 0. The highest BCUT2D eigenvalue weighted by atomic mass is 79.9. The molecular weight excluding hydrogens is 350 g/mol. The first kappa shape index (κ1) is 14.8. The normalized spacial score (nSPS) is 13.2. The summed E-state index contributed by atoms with van der Waals surface area (Å²) in [6.45, 7) is 2.08. The van der Waals surface area contributed by atoms with Crippen LogP contribution >= 0.6 is 27.7 Å². The topological polar surface area (TPSA) is 30.5 Å². The first-order chi connectivity index (χ1) is 10.3. The molecule has 5 heteroatoms. The van der Waals surface area contributed by atoms with E-state index in [0.29, 0.717) is 13.2 Å². The van der Waals surface area contributed by atoms with Gasteiger partial charge in [-0.25, -0.2) is 0 Å². The maximum Gasteiger partial charge on any atom is 0.162 e. The second-order valence-corrected chi connectivity index (χ2v) is 6.72. The highest BCUT2D eigenvalue weighted by Gasteiger charge is 2.13. The molecule has 1 N–H and O–H groups in total. The average Bonchev–Trinajstić information content (AvgIpc) is 2.50. The molecule has 2 aromatic rings. The van der Waals surface area contributed by atoms with Crippen LogP contribution < -0.4 is 14.8 Å². The van der Waals surface area contributed by atoms with Gasteiger partial charge in [0.15, 0.2) is 11.5 Å². The van der Waals surface area contributed by atoms with Crippen LogP contribution in [0.3, 0.4) is 0 Å². The van der Waals surface area contributed by atoms with E-state index in [0.717, 1.165) is 27.4 Å². The lowest BCUT2D eigenvalue weighted by Gasteiger charge is -2.19. The van der Waals surface area contributed by atoms with Crippen LogP contribution in [0.2, 0.25) is 0 Å². The molecular formula is C16H16BrNO2S. The molecule has 0 spiro atoms. The Morgan fingerprint density at radius 1 is 1.10 bits per heavy atom. The number of fused-ring (bicyclic) bond motifs is 1. The Balaban J connectivity index is 1.86. The van der Waals surface area contributed by atoms with E-state index in [1.54, 1.807) is 11.8 Å². The summed E-state index contributed by atoms with van der Waals surface area (Å²) in [4.78, 5) is 2.39. The summed E-state index contributed by atoms with van der Waals surface area (Å²) < 4.78 is 12.3. The van der Waals surface area contributed by atoms with Gasteiger partial charge >= 0.3 is 0 Å². The van der Waals surface area contributed by atoms with Gasteiger partial charge in [0.2, 0.25) is 0 Å². The van der Waals surface area contributed by atoms with Crippen molar-refractivity contribution >= 4 is 27.7 Å². The summed E-state index contributed by atoms with van der Waals surface area (Å²) in [5.74, 6) is 1.66. The fraction of sp³-hybridized carbons (Fsp3) is 0.250. The third kappa shape index (κ3) is 3.54. The van der Waals surface area contributed by atoms with Crippen molar-refractivity contribution in [3.8, 4) is 11.5 Å². The van der Waals surface area contributed by atoms with Gasteiger partial charge in [0.05, 0.1) is 0 Å². The Hall–Kier alpha value is -1.17. The Bertz CT molecular complexity index is 648. The largest absolute Gasteiger partial charge is 0.486 e. The second kappa shape index (κ2) is 6.73. The number of hydrogen-bond acceptors (Lipinski definition) is 4. The quantitative estimate of drug-likeness (QED) is 0.883. The summed E-state index contributed by atoms with van der Waals surface area (Å²) in [5.41, 5.74) is 1.27. The fourth-order valence-corrected chi connectivity index (χ4v) is 3.55. The van der Waals surface area contributed by atoms with Crippen molar-refractivity contribution in [1.29, 1.82) is 0 Å². The highest BCUT2D eigenvalue weighted by molar-refractivity contribution is 9.10. The highest BCUT2D eigenvalue weighted by Crippen LogP contribution is 2.38. The molecule has 0 aromatic heterocycles. The van der Waals surface area contributed by atoms with E-state index in [9.17, 15) is 0 Å². The minimum Gasteiger partial charge on any atom is -0.486 e. The predicted octanol–water partition coefficient (Wildman–Crippen LogP) is 4.09. The summed E-state index contributed by atoms with van der Waals surface area (Å²) in [5, 5.41) is 3.21. The zero-order chi connectivity index (χ0) is 14.7. The Kier molecular flexibility index (Phi) is 4.73. The Morgan fingerprint density at radius 2 is 1.90 bits per heavy atom. The van der Waals surface area contributed by atoms with Gasteiger partial charge in [-0.05, 0) is 49.0 Å². The molecule has 2 aromatic carbocycles. The molecule has 0 unspecified atom stereocenters. The molecule has 0 saturated heterocycles. The van der Waals surface area contributed by atoms with E-state index in [4.69, 9.17) is 9.47 Å². The van der Waals surface area contributed by atoms with Crippen LogP contribution in [0.5, 0.6) is 11.5 Å². The number of ether oxygens (including phenoxy) is 2. The van der Waals surface area contributed by atoms with Crippen LogP contribution in [-0.2, 0) is 6.54 Å². The van der Waals surface area contributed by atoms with Gasteiger partial charge in [-0.3, -0.25) is 0 Å². The lowest BCUT2D eigenvalue weighted by molar-refractivity contribution is 0.171. The van der Waals surface area contributed by atoms with Crippen molar-refractivity contribution in [2.45, 2.75) is 16.3 Å². The average molecular weight is 366 g/mol. The molecule has 3 nitrogen and oxygen atoms in total. The second-order valence-electron chi connectivity index (χ2n) is 4.69. The predicted molar refractivity (Wildman–Crippen MR) is 88.5 cm³/mol. The van der Waals surface area contributed by atoms with Crippen LogP contribution in [-0.4, -0.2) is 20.3 Å². The number of hydrogen-bond donors (Lipinski definition) is 1. The molecule has 0 fully saturated rings. The fourth-order valence-electron chi connectivity index (χ4n) is 2.19. The molecule has 0 radical (unpaired) electrons. The standard InChI is InChI=1S/C16H16BrNO2S/c1-18-10-11-8-12(17)2-5-16(11)21-13-3-4-14-15(9-13)20-7-6-19-14/h2-5,8-9,18H,6-7,10H2,1H3. The van der Waals surface area contributed by atoms with Gasteiger partial charge in [0.25, 0.3) is 0 Å². The van der Waals surface area contributed by atoms with E-state index in [1.807, 2.05) is 19.2 Å². The van der Waals surface area contributed by atoms with Crippen LogP contribution in [0.15, 0.2) is 50.7 Å². The summed E-state index contributed by atoms with van der Waals surface area (Å²) in [7, 11) is 1.96. The smallest absolute Gasteiger partial charge is 0.162 e. The van der Waals surface area contributed by atoms with Crippen LogP contribution in [0.25, 0.3) is 0 Å². The van der Waals surface area contributed by atoms with Crippen molar-refractivity contribution in [3.63, 3.8) is 0 Å². The van der Waals surface area contributed by atoms with E-state index in [-0.39, 0.29) is 0 Å². The molecule has 0 bridgehead atoms. The molecule has 1 heterocycles. The first-order valence-electron chi connectivity index (χ1n) is 6.77. The van der Waals surface area contributed by atoms with Crippen molar-refractivity contribution in [2.75, 3.05) is 20.3 Å². The van der Waals surface area contributed by atoms with Gasteiger partial charge in [-0.15, -0.1) is 0 Å². The molecule has 110 valence electrons. The lowest BCUT2D eigenvalue weighted by Crippen LogP contribution is -2.15. The third-order valence-electron chi connectivity index (χ3n) is 3.13. The molecule has 0 saturated carbocycles. The zero-order valence-corrected chi connectivity index (χ0v) is 14.1. The maximum absolute atomic E-state index is 5.64. The Morgan fingerprint density at radius 3 is 2.71 bits per heavy atom. The van der Waals surface area contributed by atoms with E-state index >= 15 is 0 Å². The summed E-state index contributed by atoms with van der Waals surface area (Å²) >= 11 is 5.27. The first-order valence-corrected chi connectivity index (χ1v) is 8.38. The van der Waals surface area contributed by atoms with Crippen molar-refractivity contribution in [2.24, 2.45) is 0 Å². The van der Waals surface area contributed by atoms with Gasteiger partial charge in [0.1, 0.15) is 13.2 Å². The minimum atomic E-state index is 0.615.